The van der Waals surface area contributed by atoms with Gasteiger partial charge in [0.05, 0.1) is 16.1 Å². The van der Waals surface area contributed by atoms with E-state index in [1.54, 1.807) is 0 Å². The highest BCUT2D eigenvalue weighted by molar-refractivity contribution is 5.95. The van der Waals surface area contributed by atoms with Crippen molar-refractivity contribution >= 4 is 23.3 Å². The van der Waals surface area contributed by atoms with Crippen molar-refractivity contribution in [3.8, 4) is 0 Å². The molecule has 10 heteroatoms. The monoisotopic (exact) mass is 368 g/mol. The molecular weight excluding hydrogens is 357 g/mol. The van der Waals surface area contributed by atoms with Crippen LogP contribution in [0.5, 0.6) is 0 Å². The van der Waals surface area contributed by atoms with Gasteiger partial charge < -0.3 is 10.1 Å². The van der Waals surface area contributed by atoms with Crippen LogP contribution in [0.4, 0.5) is 24.5 Å². The van der Waals surface area contributed by atoms with Crippen LogP contribution in [0.25, 0.3) is 0 Å². The number of alkyl halides is 3. The molecule has 2 aromatic rings. The number of rotatable bonds is 5. The van der Waals surface area contributed by atoms with Crippen molar-refractivity contribution in [1.82, 2.24) is 0 Å². The number of hydrogen-bond donors (Lipinski definition) is 1. The molecule has 7 nitrogen and oxygen atoms in total. The molecule has 0 fully saturated rings. The molecule has 0 aliphatic heterocycles. The summed E-state index contributed by atoms with van der Waals surface area (Å²) in [6, 6.07) is 8.44. The molecule has 26 heavy (non-hydrogen) atoms. The SMILES string of the molecule is O=C(COC(=O)c1ccc(C(F)(F)F)cc1)Nc1cccc([N+](=O)[O-])c1. The van der Waals surface area contributed by atoms with E-state index in [2.05, 4.69) is 5.32 Å². The number of benzene rings is 2. The number of nitrogens with one attached hydrogen (secondary N) is 1. The lowest BCUT2D eigenvalue weighted by Crippen LogP contribution is -2.21. The summed E-state index contributed by atoms with van der Waals surface area (Å²) in [5, 5.41) is 13.0. The maximum absolute atomic E-state index is 12.4. The predicted molar refractivity (Wildman–Crippen MR) is 83.5 cm³/mol. The Morgan fingerprint density at radius 3 is 2.35 bits per heavy atom. The van der Waals surface area contributed by atoms with E-state index in [9.17, 15) is 32.9 Å². The van der Waals surface area contributed by atoms with E-state index in [-0.39, 0.29) is 16.9 Å². The molecule has 0 radical (unpaired) electrons. The Morgan fingerprint density at radius 2 is 1.77 bits per heavy atom. The van der Waals surface area contributed by atoms with E-state index in [1.807, 2.05) is 0 Å². The van der Waals surface area contributed by atoms with E-state index in [1.165, 1.54) is 18.2 Å². The fraction of sp³-hybridized carbons (Fsp3) is 0.125. The summed E-state index contributed by atoms with van der Waals surface area (Å²) in [5.74, 6) is -1.74. The highest BCUT2D eigenvalue weighted by atomic mass is 19.4. The number of ether oxygens (including phenoxy) is 1. The number of carbonyl (C=O) groups excluding carboxylic acids is 2. The van der Waals surface area contributed by atoms with Gasteiger partial charge in [-0.05, 0) is 30.3 Å². The Bertz CT molecular complexity index is 835. The van der Waals surface area contributed by atoms with Crippen molar-refractivity contribution in [3.05, 3.63) is 69.8 Å². The van der Waals surface area contributed by atoms with Gasteiger partial charge in [0.2, 0.25) is 0 Å². The number of anilines is 1. The summed E-state index contributed by atoms with van der Waals surface area (Å²) in [5.41, 5.74) is -1.17. The summed E-state index contributed by atoms with van der Waals surface area (Å²) in [6.45, 7) is -0.706. The highest BCUT2D eigenvalue weighted by Crippen LogP contribution is 2.29. The van der Waals surface area contributed by atoms with Gasteiger partial charge in [-0.15, -0.1) is 0 Å². The van der Waals surface area contributed by atoms with E-state index in [0.29, 0.717) is 0 Å². The number of nitrogens with zero attached hydrogens (tertiary/aromatic N) is 1. The molecule has 0 aliphatic carbocycles. The quantitative estimate of drug-likeness (QED) is 0.495. The summed E-state index contributed by atoms with van der Waals surface area (Å²) >= 11 is 0. The Hall–Kier alpha value is -3.43. The van der Waals surface area contributed by atoms with E-state index in [0.717, 1.165) is 30.3 Å². The van der Waals surface area contributed by atoms with Gasteiger partial charge in [0, 0.05) is 17.8 Å². The topological polar surface area (TPSA) is 98.5 Å². The van der Waals surface area contributed by atoms with Gasteiger partial charge in [0.15, 0.2) is 6.61 Å². The van der Waals surface area contributed by atoms with Crippen molar-refractivity contribution in [1.29, 1.82) is 0 Å². The zero-order chi connectivity index (χ0) is 19.3. The number of amides is 1. The normalized spacial score (nSPS) is 10.9. The van der Waals surface area contributed by atoms with Crippen LogP contribution in [-0.4, -0.2) is 23.4 Å². The zero-order valence-corrected chi connectivity index (χ0v) is 12.9. The minimum absolute atomic E-state index is 0.134. The van der Waals surface area contributed by atoms with Crippen molar-refractivity contribution in [2.75, 3.05) is 11.9 Å². The second kappa shape index (κ2) is 7.64. The zero-order valence-electron chi connectivity index (χ0n) is 12.9. The molecule has 2 aromatic carbocycles. The van der Waals surface area contributed by atoms with Gasteiger partial charge in [-0.2, -0.15) is 13.2 Å². The first-order valence-corrected chi connectivity index (χ1v) is 7.05. The molecule has 0 saturated carbocycles. The number of halogens is 3. The third-order valence-corrected chi connectivity index (χ3v) is 3.12. The smallest absolute Gasteiger partial charge is 0.416 e. The molecule has 0 bridgehead atoms. The number of non-ortho nitro benzene ring substituents is 1. The van der Waals surface area contributed by atoms with Crippen LogP contribution in [0.1, 0.15) is 15.9 Å². The van der Waals surface area contributed by atoms with Crippen LogP contribution >= 0.6 is 0 Å². The largest absolute Gasteiger partial charge is 0.452 e. The first kappa shape index (κ1) is 18.9. The highest BCUT2D eigenvalue weighted by Gasteiger charge is 2.30. The maximum atomic E-state index is 12.4. The lowest BCUT2D eigenvalue weighted by molar-refractivity contribution is -0.384. The van der Waals surface area contributed by atoms with Crippen molar-refractivity contribution in [2.45, 2.75) is 6.18 Å². The average Bonchev–Trinajstić information content (AvgIpc) is 2.59. The summed E-state index contributed by atoms with van der Waals surface area (Å²) in [7, 11) is 0. The Morgan fingerprint density at radius 1 is 1.12 bits per heavy atom. The third kappa shape index (κ3) is 5.03. The maximum Gasteiger partial charge on any atom is 0.416 e. The third-order valence-electron chi connectivity index (χ3n) is 3.12. The van der Waals surface area contributed by atoms with Crippen molar-refractivity contribution in [2.24, 2.45) is 0 Å². The van der Waals surface area contributed by atoms with Crippen molar-refractivity contribution in [3.63, 3.8) is 0 Å². The molecule has 0 saturated heterocycles. The summed E-state index contributed by atoms with van der Waals surface area (Å²) in [4.78, 5) is 33.5. The fourth-order valence-electron chi connectivity index (χ4n) is 1.90. The molecule has 0 unspecified atom stereocenters. The second-order valence-electron chi connectivity index (χ2n) is 5.01. The van der Waals surface area contributed by atoms with Crippen LogP contribution in [0.3, 0.4) is 0 Å². The van der Waals surface area contributed by atoms with Crippen LogP contribution in [0.2, 0.25) is 0 Å². The summed E-state index contributed by atoms with van der Waals surface area (Å²) < 4.78 is 42.0. The minimum atomic E-state index is -4.53. The van der Waals surface area contributed by atoms with E-state index >= 15 is 0 Å². The Balaban J connectivity index is 1.91. The second-order valence-corrected chi connectivity index (χ2v) is 5.01. The standard InChI is InChI=1S/C16H11F3N2O5/c17-16(18,19)11-6-4-10(5-7-11)15(23)26-9-14(22)20-12-2-1-3-13(8-12)21(24)25/h1-8H,9H2,(H,20,22). The van der Waals surface area contributed by atoms with Gasteiger partial charge in [0.1, 0.15) is 0 Å². The van der Waals surface area contributed by atoms with Crippen molar-refractivity contribution < 1.29 is 32.4 Å². The van der Waals surface area contributed by atoms with E-state index < -0.39 is 35.1 Å². The fourth-order valence-corrected chi connectivity index (χ4v) is 1.90. The first-order chi connectivity index (χ1) is 12.2. The molecule has 2 rings (SSSR count). The molecule has 1 amide bonds. The average molecular weight is 368 g/mol. The van der Waals surface area contributed by atoms with Crippen LogP contribution in [0.15, 0.2) is 48.5 Å². The number of carbonyl (C=O) groups is 2. The Labute approximate surface area is 144 Å². The van der Waals surface area contributed by atoms with Crippen LogP contribution < -0.4 is 5.32 Å². The van der Waals surface area contributed by atoms with Gasteiger partial charge in [-0.1, -0.05) is 6.07 Å². The number of nitro groups is 1. The number of nitro benzene ring substituents is 1. The Kier molecular flexibility index (Phi) is 5.55. The van der Waals surface area contributed by atoms with Gasteiger partial charge in [-0.25, -0.2) is 4.79 Å². The van der Waals surface area contributed by atoms with Gasteiger partial charge in [-0.3, -0.25) is 14.9 Å². The molecule has 0 heterocycles. The minimum Gasteiger partial charge on any atom is -0.452 e. The number of esters is 1. The molecule has 0 spiro atoms. The van der Waals surface area contributed by atoms with E-state index in [4.69, 9.17) is 4.74 Å². The lowest BCUT2D eigenvalue weighted by atomic mass is 10.1. The number of hydrogen-bond acceptors (Lipinski definition) is 5. The summed E-state index contributed by atoms with van der Waals surface area (Å²) in [6.07, 6.45) is -4.53. The first-order valence-electron chi connectivity index (χ1n) is 7.05. The molecule has 136 valence electrons. The molecule has 0 atom stereocenters. The van der Waals surface area contributed by atoms with Crippen LogP contribution in [-0.2, 0) is 15.7 Å². The molecule has 0 aromatic heterocycles. The van der Waals surface area contributed by atoms with Gasteiger partial charge >= 0.3 is 12.1 Å². The van der Waals surface area contributed by atoms with Gasteiger partial charge in [0.25, 0.3) is 11.6 Å². The molecule has 0 aliphatic rings. The lowest BCUT2D eigenvalue weighted by Gasteiger charge is -2.08. The molecular formula is C16H11F3N2O5. The predicted octanol–water partition coefficient (Wildman–Crippen LogP) is 3.41. The molecule has 1 N–H and O–H groups in total. The van der Waals surface area contributed by atoms with Crippen LogP contribution in [0, 0.1) is 10.1 Å².